The Morgan fingerprint density at radius 3 is 2.86 bits per heavy atom. The largest absolute Gasteiger partial charge is 0.384 e. The third-order valence-corrected chi connectivity index (χ3v) is 4.40. The third kappa shape index (κ3) is 4.43. The number of carbonyl (C=O) groups excluding carboxylic acids is 1. The molecule has 1 amide bonds. The number of carbonyl (C=O) groups is 1. The number of hydrogen-bond acceptors (Lipinski definition) is 3. The van der Waals surface area contributed by atoms with E-state index >= 15 is 0 Å². The number of aliphatic hydroxyl groups excluding tert-OH is 1. The van der Waals surface area contributed by atoms with E-state index in [1.165, 1.54) is 0 Å². The molecule has 1 aromatic carbocycles. The fourth-order valence-corrected chi connectivity index (χ4v) is 3.22. The predicted molar refractivity (Wildman–Crippen MR) is 88.3 cm³/mol. The molecule has 21 heavy (non-hydrogen) atoms. The van der Waals surface area contributed by atoms with Gasteiger partial charge in [0.25, 0.3) is 5.91 Å². The topological polar surface area (TPSA) is 49.3 Å². The zero-order chi connectivity index (χ0) is 15.2. The Bertz CT molecular complexity index is 713. The standard InChI is InChI=1S/C16H14BrNO2S/c1-11-4-5-12(3-2-8-19)14(9-11)16(20)18-10-13-6-7-15(17)21-13/h4-7,9,19H,8,10H2,1H3,(H,18,20). The average Bonchev–Trinajstić information content (AvgIpc) is 2.89. The van der Waals surface area contributed by atoms with Crippen LogP contribution in [0.4, 0.5) is 0 Å². The lowest BCUT2D eigenvalue weighted by Crippen LogP contribution is -2.23. The van der Waals surface area contributed by atoms with Crippen molar-refractivity contribution in [3.8, 4) is 11.8 Å². The number of benzene rings is 1. The van der Waals surface area contributed by atoms with Crippen LogP contribution in [0.2, 0.25) is 0 Å². The summed E-state index contributed by atoms with van der Waals surface area (Å²) in [6, 6.07) is 9.43. The molecule has 0 radical (unpaired) electrons. The van der Waals surface area contributed by atoms with E-state index < -0.39 is 0 Å². The smallest absolute Gasteiger partial charge is 0.252 e. The summed E-state index contributed by atoms with van der Waals surface area (Å²) in [5.41, 5.74) is 2.15. The maximum Gasteiger partial charge on any atom is 0.252 e. The molecular weight excluding hydrogens is 350 g/mol. The molecule has 2 aromatic rings. The van der Waals surface area contributed by atoms with Gasteiger partial charge in [-0.2, -0.15) is 0 Å². The Labute approximate surface area is 136 Å². The minimum Gasteiger partial charge on any atom is -0.384 e. The molecular formula is C16H14BrNO2S. The fourth-order valence-electron chi connectivity index (χ4n) is 1.80. The SMILES string of the molecule is Cc1ccc(C#CCO)c(C(=O)NCc2ccc(Br)s2)c1. The van der Waals surface area contributed by atoms with E-state index in [-0.39, 0.29) is 12.5 Å². The molecule has 2 rings (SSSR count). The van der Waals surface area contributed by atoms with Gasteiger partial charge in [-0.15, -0.1) is 11.3 Å². The van der Waals surface area contributed by atoms with Crippen molar-refractivity contribution in [2.45, 2.75) is 13.5 Å². The predicted octanol–water partition coefficient (Wildman–Crippen LogP) is 3.09. The molecule has 0 aliphatic rings. The van der Waals surface area contributed by atoms with Crippen LogP contribution in [-0.4, -0.2) is 17.6 Å². The van der Waals surface area contributed by atoms with E-state index in [1.807, 2.05) is 25.1 Å². The molecule has 0 unspecified atom stereocenters. The normalized spacial score (nSPS) is 9.86. The van der Waals surface area contributed by atoms with Gasteiger partial charge in [0.05, 0.1) is 15.9 Å². The third-order valence-electron chi connectivity index (χ3n) is 2.77. The van der Waals surface area contributed by atoms with Crippen LogP contribution in [0, 0.1) is 18.8 Å². The first kappa shape index (κ1) is 15.8. The summed E-state index contributed by atoms with van der Waals surface area (Å²) >= 11 is 4.98. The van der Waals surface area contributed by atoms with E-state index in [0.29, 0.717) is 17.7 Å². The molecule has 5 heteroatoms. The van der Waals surface area contributed by atoms with Crippen molar-refractivity contribution in [3.63, 3.8) is 0 Å². The number of aryl methyl sites for hydroxylation is 1. The van der Waals surface area contributed by atoms with E-state index in [2.05, 4.69) is 33.1 Å². The number of halogens is 1. The van der Waals surface area contributed by atoms with Gasteiger partial charge in [-0.1, -0.05) is 23.5 Å². The van der Waals surface area contributed by atoms with Crippen molar-refractivity contribution in [2.24, 2.45) is 0 Å². The van der Waals surface area contributed by atoms with Crippen molar-refractivity contribution < 1.29 is 9.90 Å². The highest BCUT2D eigenvalue weighted by Gasteiger charge is 2.11. The first-order valence-electron chi connectivity index (χ1n) is 6.33. The average molecular weight is 364 g/mol. The fraction of sp³-hybridized carbons (Fsp3) is 0.188. The van der Waals surface area contributed by atoms with E-state index in [1.54, 1.807) is 23.5 Å². The van der Waals surface area contributed by atoms with Crippen molar-refractivity contribution >= 4 is 33.2 Å². The van der Waals surface area contributed by atoms with Gasteiger partial charge in [0.1, 0.15) is 6.61 Å². The summed E-state index contributed by atoms with van der Waals surface area (Å²) < 4.78 is 1.04. The van der Waals surface area contributed by atoms with Crippen molar-refractivity contribution in [2.75, 3.05) is 6.61 Å². The quantitative estimate of drug-likeness (QED) is 0.823. The van der Waals surface area contributed by atoms with Crippen LogP contribution in [0.15, 0.2) is 34.1 Å². The lowest BCUT2D eigenvalue weighted by atomic mass is 10.0. The lowest BCUT2D eigenvalue weighted by Gasteiger charge is -2.07. The minimum atomic E-state index is -0.224. The second kappa shape index (κ2) is 7.41. The number of aliphatic hydroxyl groups is 1. The molecule has 0 bridgehead atoms. The van der Waals surface area contributed by atoms with E-state index in [4.69, 9.17) is 5.11 Å². The van der Waals surface area contributed by atoms with Gasteiger partial charge in [0.2, 0.25) is 0 Å². The van der Waals surface area contributed by atoms with Crippen LogP contribution in [0.25, 0.3) is 0 Å². The van der Waals surface area contributed by atoms with Crippen LogP contribution < -0.4 is 5.32 Å². The molecule has 0 saturated heterocycles. The monoisotopic (exact) mass is 363 g/mol. The molecule has 3 nitrogen and oxygen atoms in total. The van der Waals surface area contributed by atoms with Crippen LogP contribution in [0.3, 0.4) is 0 Å². The summed E-state index contributed by atoms with van der Waals surface area (Å²) in [6.07, 6.45) is 0. The first-order valence-corrected chi connectivity index (χ1v) is 7.94. The first-order chi connectivity index (χ1) is 10.1. The van der Waals surface area contributed by atoms with Crippen LogP contribution >= 0.6 is 27.3 Å². The van der Waals surface area contributed by atoms with Gasteiger partial charge in [-0.05, 0) is 47.1 Å². The number of amides is 1. The molecule has 0 aliphatic carbocycles. The van der Waals surface area contributed by atoms with Crippen LogP contribution in [0.5, 0.6) is 0 Å². The minimum absolute atomic E-state index is 0.162. The highest BCUT2D eigenvalue weighted by atomic mass is 79.9. The second-order valence-electron chi connectivity index (χ2n) is 4.40. The van der Waals surface area contributed by atoms with Crippen molar-refractivity contribution in [1.82, 2.24) is 5.32 Å². The Morgan fingerprint density at radius 1 is 1.38 bits per heavy atom. The van der Waals surface area contributed by atoms with Gasteiger partial charge in [-0.3, -0.25) is 4.79 Å². The van der Waals surface area contributed by atoms with Gasteiger partial charge < -0.3 is 10.4 Å². The van der Waals surface area contributed by atoms with Gasteiger partial charge in [0.15, 0.2) is 0 Å². The Morgan fingerprint density at radius 2 is 2.19 bits per heavy atom. The molecule has 1 heterocycles. The number of nitrogens with one attached hydrogen (secondary N) is 1. The maximum atomic E-state index is 12.3. The summed E-state index contributed by atoms with van der Waals surface area (Å²) in [5.74, 6) is 5.22. The number of rotatable bonds is 3. The summed E-state index contributed by atoms with van der Waals surface area (Å²) in [4.78, 5) is 13.4. The molecule has 0 aliphatic heterocycles. The Hall–Kier alpha value is -1.61. The van der Waals surface area contributed by atoms with Crippen molar-refractivity contribution in [3.05, 3.63) is 55.7 Å². The number of thiophene rings is 1. The Balaban J connectivity index is 2.15. The molecule has 1 aromatic heterocycles. The zero-order valence-corrected chi connectivity index (χ0v) is 13.8. The number of hydrogen-bond donors (Lipinski definition) is 2. The van der Waals surface area contributed by atoms with Crippen molar-refractivity contribution in [1.29, 1.82) is 0 Å². The highest BCUT2D eigenvalue weighted by Crippen LogP contribution is 2.22. The van der Waals surface area contributed by atoms with Gasteiger partial charge >= 0.3 is 0 Å². The lowest BCUT2D eigenvalue weighted by molar-refractivity contribution is 0.0951. The summed E-state index contributed by atoms with van der Waals surface area (Å²) in [6.45, 7) is 2.19. The van der Waals surface area contributed by atoms with E-state index in [0.717, 1.165) is 14.2 Å². The molecule has 0 saturated carbocycles. The van der Waals surface area contributed by atoms with Gasteiger partial charge in [-0.25, -0.2) is 0 Å². The molecule has 108 valence electrons. The molecule has 2 N–H and O–H groups in total. The highest BCUT2D eigenvalue weighted by molar-refractivity contribution is 9.11. The summed E-state index contributed by atoms with van der Waals surface area (Å²) in [5, 5.41) is 11.7. The summed E-state index contributed by atoms with van der Waals surface area (Å²) in [7, 11) is 0. The molecule has 0 spiro atoms. The van der Waals surface area contributed by atoms with Crippen LogP contribution in [-0.2, 0) is 6.54 Å². The van der Waals surface area contributed by atoms with E-state index in [9.17, 15) is 4.79 Å². The second-order valence-corrected chi connectivity index (χ2v) is 6.94. The van der Waals surface area contributed by atoms with Crippen LogP contribution in [0.1, 0.15) is 26.4 Å². The maximum absolute atomic E-state index is 12.3. The van der Waals surface area contributed by atoms with Gasteiger partial charge in [0, 0.05) is 10.4 Å². The molecule has 0 fully saturated rings. The molecule has 0 atom stereocenters. The zero-order valence-electron chi connectivity index (χ0n) is 11.4. The Kier molecular flexibility index (Phi) is 5.57.